The molecule has 1 aromatic carbocycles. The number of benzene rings is 1. The number of rotatable bonds is 2. The second kappa shape index (κ2) is 4.18. The Morgan fingerprint density at radius 2 is 2.00 bits per heavy atom. The second-order valence-electron chi connectivity index (χ2n) is 4.80. The van der Waals surface area contributed by atoms with Crippen molar-refractivity contribution in [1.82, 2.24) is 0 Å². The van der Waals surface area contributed by atoms with Gasteiger partial charge in [-0.2, -0.15) is 0 Å². The van der Waals surface area contributed by atoms with Crippen molar-refractivity contribution in [3.05, 3.63) is 22.2 Å². The summed E-state index contributed by atoms with van der Waals surface area (Å²) in [7, 11) is 0. The van der Waals surface area contributed by atoms with Gasteiger partial charge in [0.25, 0.3) is 0 Å². The van der Waals surface area contributed by atoms with Crippen molar-refractivity contribution < 1.29 is 14.6 Å². The quantitative estimate of drug-likeness (QED) is 0.912. The summed E-state index contributed by atoms with van der Waals surface area (Å²) < 4.78 is 12.4. The van der Waals surface area contributed by atoms with Gasteiger partial charge in [0.15, 0.2) is 11.5 Å². The van der Waals surface area contributed by atoms with E-state index in [-0.39, 0.29) is 0 Å². The van der Waals surface area contributed by atoms with Gasteiger partial charge in [0.1, 0.15) is 0 Å². The monoisotopic (exact) mass is 298 g/mol. The van der Waals surface area contributed by atoms with E-state index in [1.165, 1.54) is 0 Å². The fourth-order valence-electron chi connectivity index (χ4n) is 2.08. The highest BCUT2D eigenvalue weighted by atomic mass is 79.9. The predicted molar refractivity (Wildman–Crippen MR) is 67.6 cm³/mol. The maximum absolute atomic E-state index is 10.1. The second-order valence-corrected chi connectivity index (χ2v) is 5.66. The molecule has 0 unspecified atom stereocenters. The van der Waals surface area contributed by atoms with E-state index in [2.05, 4.69) is 15.9 Å². The summed E-state index contributed by atoms with van der Waals surface area (Å²) in [6.45, 7) is 1.37. The molecule has 3 rings (SSSR count). The summed E-state index contributed by atoms with van der Waals surface area (Å²) in [5.41, 5.74) is 0.511. The maximum atomic E-state index is 10.1. The number of halogens is 1. The molecule has 4 heteroatoms. The van der Waals surface area contributed by atoms with Crippen LogP contribution < -0.4 is 9.47 Å². The first kappa shape index (κ1) is 11.4. The summed E-state index contributed by atoms with van der Waals surface area (Å²) in [5, 5.41) is 10.1. The van der Waals surface area contributed by atoms with Crippen molar-refractivity contribution in [3.63, 3.8) is 0 Å². The molecular formula is C13H15BrO3. The molecule has 1 aromatic rings. The van der Waals surface area contributed by atoms with Crippen LogP contribution in [0.15, 0.2) is 16.6 Å². The summed E-state index contributed by atoms with van der Waals surface area (Å²) >= 11 is 3.53. The summed E-state index contributed by atoms with van der Waals surface area (Å²) in [4.78, 5) is 0. The van der Waals surface area contributed by atoms with Crippen LogP contribution in [0.5, 0.6) is 11.5 Å². The van der Waals surface area contributed by atoms with E-state index in [1.54, 1.807) is 0 Å². The van der Waals surface area contributed by atoms with Crippen LogP contribution in [0.4, 0.5) is 0 Å². The van der Waals surface area contributed by atoms with Crippen LogP contribution in [0.1, 0.15) is 24.8 Å². The Balaban J connectivity index is 1.99. The van der Waals surface area contributed by atoms with E-state index in [9.17, 15) is 5.11 Å². The minimum absolute atomic E-state index is 0.521. The van der Waals surface area contributed by atoms with Gasteiger partial charge in [-0.3, -0.25) is 0 Å². The molecule has 0 atom stereocenters. The van der Waals surface area contributed by atoms with E-state index < -0.39 is 5.60 Å². The fraction of sp³-hybridized carbons (Fsp3) is 0.538. The van der Waals surface area contributed by atoms with E-state index in [1.807, 2.05) is 12.1 Å². The molecule has 0 radical (unpaired) electrons. The highest BCUT2D eigenvalue weighted by Gasteiger charge is 2.41. The molecule has 0 saturated heterocycles. The molecule has 2 aliphatic rings. The first-order chi connectivity index (χ1) is 8.18. The van der Waals surface area contributed by atoms with Crippen LogP contribution in [0.3, 0.4) is 0 Å². The van der Waals surface area contributed by atoms with Gasteiger partial charge >= 0.3 is 0 Å². The van der Waals surface area contributed by atoms with Crippen LogP contribution in [-0.4, -0.2) is 23.9 Å². The zero-order chi connectivity index (χ0) is 11.9. The number of fused-ring (bicyclic) bond motifs is 1. The lowest BCUT2D eigenvalue weighted by Crippen LogP contribution is -2.12. The lowest BCUT2D eigenvalue weighted by molar-refractivity contribution is 0.149. The molecule has 0 amide bonds. The van der Waals surface area contributed by atoms with Gasteiger partial charge in [-0.1, -0.05) is 15.9 Å². The van der Waals surface area contributed by atoms with Crippen LogP contribution in [-0.2, 0) is 6.42 Å². The van der Waals surface area contributed by atoms with Gasteiger partial charge in [-0.05, 0) is 25.0 Å². The summed E-state index contributed by atoms with van der Waals surface area (Å²) in [6.07, 6.45) is 3.30. The predicted octanol–water partition coefficient (Wildman–Crippen LogP) is 2.68. The Bertz CT molecular complexity index is 441. The molecule has 0 aromatic heterocycles. The van der Waals surface area contributed by atoms with Gasteiger partial charge in [0.2, 0.25) is 0 Å². The van der Waals surface area contributed by atoms with Crippen molar-refractivity contribution in [2.45, 2.75) is 31.3 Å². The van der Waals surface area contributed by atoms with Crippen molar-refractivity contribution >= 4 is 15.9 Å². The number of ether oxygens (including phenoxy) is 2. The topological polar surface area (TPSA) is 38.7 Å². The van der Waals surface area contributed by atoms with E-state index >= 15 is 0 Å². The Labute approximate surface area is 109 Å². The molecule has 3 nitrogen and oxygen atoms in total. The SMILES string of the molecule is OC1(Cc2c(Br)ccc3c2OCCCO3)CC1. The van der Waals surface area contributed by atoms with Crippen molar-refractivity contribution in [1.29, 1.82) is 0 Å². The third kappa shape index (κ3) is 2.29. The Morgan fingerprint density at radius 3 is 2.76 bits per heavy atom. The standard InChI is InChI=1S/C13H15BrO3/c14-10-2-3-11-12(17-7-1-6-16-11)9(10)8-13(15)4-5-13/h2-3,15H,1,4-8H2. The van der Waals surface area contributed by atoms with Gasteiger partial charge in [-0.15, -0.1) is 0 Å². The smallest absolute Gasteiger partial charge is 0.165 e. The van der Waals surface area contributed by atoms with Gasteiger partial charge in [-0.25, -0.2) is 0 Å². The summed E-state index contributed by atoms with van der Waals surface area (Å²) in [6, 6.07) is 3.89. The highest BCUT2D eigenvalue weighted by Crippen LogP contribution is 2.45. The molecule has 1 heterocycles. The zero-order valence-electron chi connectivity index (χ0n) is 9.54. The third-order valence-corrected chi connectivity index (χ3v) is 4.04. The van der Waals surface area contributed by atoms with Crippen molar-refractivity contribution in [3.8, 4) is 11.5 Å². The summed E-state index contributed by atoms with van der Waals surface area (Å²) in [5.74, 6) is 1.60. The van der Waals surface area contributed by atoms with Crippen LogP contribution in [0.2, 0.25) is 0 Å². The Hall–Kier alpha value is -0.740. The fourth-order valence-corrected chi connectivity index (χ4v) is 2.54. The first-order valence-electron chi connectivity index (χ1n) is 5.97. The first-order valence-corrected chi connectivity index (χ1v) is 6.77. The molecule has 1 saturated carbocycles. The van der Waals surface area contributed by atoms with Gasteiger partial charge in [0.05, 0.1) is 18.8 Å². The number of aliphatic hydroxyl groups is 1. The van der Waals surface area contributed by atoms with Crippen LogP contribution >= 0.6 is 15.9 Å². The van der Waals surface area contributed by atoms with Crippen LogP contribution in [0.25, 0.3) is 0 Å². The average molecular weight is 299 g/mol. The van der Waals surface area contributed by atoms with Crippen molar-refractivity contribution in [2.24, 2.45) is 0 Å². The van der Waals surface area contributed by atoms with Crippen LogP contribution in [0, 0.1) is 0 Å². The molecule has 1 aliphatic heterocycles. The van der Waals surface area contributed by atoms with E-state index in [0.29, 0.717) is 19.6 Å². The number of hydrogen-bond acceptors (Lipinski definition) is 3. The molecule has 1 aliphatic carbocycles. The lowest BCUT2D eigenvalue weighted by atomic mass is 10.0. The third-order valence-electron chi connectivity index (χ3n) is 3.29. The van der Waals surface area contributed by atoms with Gasteiger partial charge in [0, 0.05) is 22.9 Å². The molecule has 1 fully saturated rings. The molecule has 1 N–H and O–H groups in total. The van der Waals surface area contributed by atoms with Gasteiger partial charge < -0.3 is 14.6 Å². The van der Waals surface area contributed by atoms with E-state index in [0.717, 1.165) is 40.8 Å². The molecule has 17 heavy (non-hydrogen) atoms. The highest BCUT2D eigenvalue weighted by molar-refractivity contribution is 9.10. The lowest BCUT2D eigenvalue weighted by Gasteiger charge is -2.16. The molecular weight excluding hydrogens is 284 g/mol. The Morgan fingerprint density at radius 1 is 1.24 bits per heavy atom. The minimum Gasteiger partial charge on any atom is -0.490 e. The Kier molecular flexibility index (Phi) is 2.79. The average Bonchev–Trinajstić information content (AvgIpc) is 3.06. The largest absolute Gasteiger partial charge is 0.490 e. The van der Waals surface area contributed by atoms with E-state index in [4.69, 9.17) is 9.47 Å². The maximum Gasteiger partial charge on any atom is 0.165 e. The molecule has 0 bridgehead atoms. The zero-order valence-corrected chi connectivity index (χ0v) is 11.1. The van der Waals surface area contributed by atoms with Crippen molar-refractivity contribution in [2.75, 3.05) is 13.2 Å². The molecule has 0 spiro atoms. The minimum atomic E-state index is -0.521. The normalized spacial score (nSPS) is 20.8. The number of hydrogen-bond donors (Lipinski definition) is 1. The molecule has 92 valence electrons.